The number of rotatable bonds is 7. The highest BCUT2D eigenvalue weighted by Gasteiger charge is 2.30. The van der Waals surface area contributed by atoms with E-state index in [-0.39, 0.29) is 24.3 Å². The second-order valence-corrected chi connectivity index (χ2v) is 6.79. The van der Waals surface area contributed by atoms with Crippen molar-refractivity contribution in [3.8, 4) is 0 Å². The lowest BCUT2D eigenvalue weighted by Crippen LogP contribution is -2.53. The molecule has 2 atom stereocenters. The van der Waals surface area contributed by atoms with Gasteiger partial charge in [0.15, 0.2) is 0 Å². The lowest BCUT2D eigenvalue weighted by atomic mass is 9.89. The van der Waals surface area contributed by atoms with Gasteiger partial charge in [0.1, 0.15) is 6.42 Å². The Kier molecular flexibility index (Phi) is 7.44. The summed E-state index contributed by atoms with van der Waals surface area (Å²) in [4.78, 5) is 26.9. The van der Waals surface area contributed by atoms with Gasteiger partial charge in [-0.1, -0.05) is 44.9 Å². The van der Waals surface area contributed by atoms with Crippen molar-refractivity contribution in [2.45, 2.75) is 65.0 Å². The number of hydrogen-bond donors (Lipinski definition) is 2. The van der Waals surface area contributed by atoms with E-state index in [9.17, 15) is 9.59 Å². The number of benzene rings is 1. The molecule has 0 spiro atoms. The van der Waals surface area contributed by atoms with Crippen LogP contribution in [0.1, 0.15) is 51.5 Å². The Bertz CT molecular complexity index is 584. The van der Waals surface area contributed by atoms with Gasteiger partial charge in [0.2, 0.25) is 11.8 Å². The maximum atomic E-state index is 12.4. The number of likely N-dealkylation sites (N-methyl/N-ethyl adjacent to an activating group) is 1. The second-order valence-electron chi connectivity index (χ2n) is 6.79. The summed E-state index contributed by atoms with van der Waals surface area (Å²) in [6.07, 6.45) is 4.32. The molecule has 2 amide bonds. The Labute approximate surface area is 151 Å². The van der Waals surface area contributed by atoms with Crippen LogP contribution in [0.5, 0.6) is 0 Å². The van der Waals surface area contributed by atoms with Crippen LogP contribution in [-0.4, -0.2) is 41.9 Å². The van der Waals surface area contributed by atoms with E-state index >= 15 is 0 Å². The van der Waals surface area contributed by atoms with Crippen LogP contribution in [-0.2, 0) is 9.59 Å². The van der Waals surface area contributed by atoms with Gasteiger partial charge in [0.05, 0.1) is 0 Å². The molecule has 0 aliphatic heterocycles. The van der Waals surface area contributed by atoms with Crippen LogP contribution in [0.4, 0.5) is 5.69 Å². The third-order valence-electron chi connectivity index (χ3n) is 5.10. The molecule has 0 aromatic heterocycles. The zero-order chi connectivity index (χ0) is 18.2. The Morgan fingerprint density at radius 1 is 1.08 bits per heavy atom. The Morgan fingerprint density at radius 2 is 1.76 bits per heavy atom. The van der Waals surface area contributed by atoms with Gasteiger partial charge < -0.3 is 10.6 Å². The first-order valence-electron chi connectivity index (χ1n) is 9.44. The quantitative estimate of drug-likeness (QED) is 0.747. The number of amides is 2. The van der Waals surface area contributed by atoms with Crippen molar-refractivity contribution in [2.24, 2.45) is 0 Å². The van der Waals surface area contributed by atoms with E-state index in [1.165, 1.54) is 6.42 Å². The summed E-state index contributed by atoms with van der Waals surface area (Å²) in [5.74, 6) is -0.447. The number of nitrogens with one attached hydrogen (secondary N) is 2. The zero-order valence-corrected chi connectivity index (χ0v) is 15.7. The highest BCUT2D eigenvalue weighted by atomic mass is 16.2. The molecule has 0 radical (unpaired) electrons. The molecule has 1 fully saturated rings. The first kappa shape index (κ1) is 19.4. The molecule has 1 aliphatic rings. The van der Waals surface area contributed by atoms with Gasteiger partial charge >= 0.3 is 0 Å². The minimum atomic E-state index is -0.262. The molecule has 1 saturated carbocycles. The van der Waals surface area contributed by atoms with Crippen molar-refractivity contribution in [1.82, 2.24) is 10.2 Å². The number of hydrogen-bond acceptors (Lipinski definition) is 3. The maximum absolute atomic E-state index is 12.4. The van der Waals surface area contributed by atoms with Crippen LogP contribution in [0.3, 0.4) is 0 Å². The molecule has 0 unspecified atom stereocenters. The van der Waals surface area contributed by atoms with E-state index in [1.807, 2.05) is 31.2 Å². The average molecular weight is 345 g/mol. The Morgan fingerprint density at radius 3 is 2.44 bits per heavy atom. The van der Waals surface area contributed by atoms with E-state index in [2.05, 4.69) is 29.4 Å². The molecule has 0 heterocycles. The molecule has 2 N–H and O–H groups in total. The molecule has 1 aromatic rings. The van der Waals surface area contributed by atoms with Crippen LogP contribution >= 0.6 is 0 Å². The fourth-order valence-corrected chi connectivity index (χ4v) is 3.72. The molecule has 1 aliphatic carbocycles. The number of anilines is 1. The number of carbonyl (C=O) groups excluding carboxylic acids is 2. The van der Waals surface area contributed by atoms with Crippen LogP contribution in [0, 0.1) is 6.92 Å². The Balaban J connectivity index is 1.89. The predicted molar refractivity (Wildman–Crippen MR) is 102 cm³/mol. The summed E-state index contributed by atoms with van der Waals surface area (Å²) < 4.78 is 0. The van der Waals surface area contributed by atoms with E-state index in [0.29, 0.717) is 6.04 Å². The molecule has 25 heavy (non-hydrogen) atoms. The maximum Gasteiger partial charge on any atom is 0.233 e. The summed E-state index contributed by atoms with van der Waals surface area (Å²) in [5, 5.41) is 5.93. The Hall–Kier alpha value is -1.88. The average Bonchev–Trinajstić information content (AvgIpc) is 2.59. The van der Waals surface area contributed by atoms with E-state index in [1.54, 1.807) is 0 Å². The van der Waals surface area contributed by atoms with Crippen molar-refractivity contribution in [1.29, 1.82) is 0 Å². The predicted octanol–water partition coefficient (Wildman–Crippen LogP) is 3.09. The SMILES string of the molecule is CCN(CC)[C@@H]1CCCC[C@H]1NC(=O)CC(=O)Nc1ccccc1C. The van der Waals surface area contributed by atoms with Crippen LogP contribution in [0.2, 0.25) is 0 Å². The topological polar surface area (TPSA) is 61.4 Å². The zero-order valence-electron chi connectivity index (χ0n) is 15.7. The van der Waals surface area contributed by atoms with Crippen LogP contribution in [0.25, 0.3) is 0 Å². The summed E-state index contributed by atoms with van der Waals surface area (Å²) in [6.45, 7) is 8.23. The molecule has 5 heteroatoms. The molecule has 0 saturated heterocycles. The summed E-state index contributed by atoms with van der Waals surface area (Å²) in [7, 11) is 0. The molecule has 1 aromatic carbocycles. The number of para-hydroxylation sites is 1. The van der Waals surface area contributed by atoms with E-state index in [0.717, 1.165) is 43.6 Å². The lowest BCUT2D eigenvalue weighted by molar-refractivity contribution is -0.127. The fourth-order valence-electron chi connectivity index (χ4n) is 3.72. The van der Waals surface area contributed by atoms with Gasteiger partial charge in [-0.25, -0.2) is 0 Å². The van der Waals surface area contributed by atoms with Gasteiger partial charge in [-0.3, -0.25) is 14.5 Å². The van der Waals surface area contributed by atoms with Crippen LogP contribution in [0.15, 0.2) is 24.3 Å². The van der Waals surface area contributed by atoms with Crippen molar-refractivity contribution in [3.05, 3.63) is 29.8 Å². The highest BCUT2D eigenvalue weighted by Crippen LogP contribution is 2.23. The molecular weight excluding hydrogens is 314 g/mol. The fraction of sp³-hybridized carbons (Fsp3) is 0.600. The van der Waals surface area contributed by atoms with Crippen LogP contribution < -0.4 is 10.6 Å². The van der Waals surface area contributed by atoms with Gasteiger partial charge in [0, 0.05) is 17.8 Å². The number of carbonyl (C=O) groups is 2. The van der Waals surface area contributed by atoms with Crippen molar-refractivity contribution in [3.63, 3.8) is 0 Å². The van der Waals surface area contributed by atoms with Crippen molar-refractivity contribution >= 4 is 17.5 Å². The lowest BCUT2D eigenvalue weighted by Gasteiger charge is -2.39. The highest BCUT2D eigenvalue weighted by molar-refractivity contribution is 6.03. The van der Waals surface area contributed by atoms with E-state index in [4.69, 9.17) is 0 Å². The normalized spacial score (nSPS) is 20.3. The smallest absolute Gasteiger partial charge is 0.233 e. The summed E-state index contributed by atoms with van der Waals surface area (Å²) in [6, 6.07) is 8.11. The van der Waals surface area contributed by atoms with Gasteiger partial charge in [-0.15, -0.1) is 0 Å². The van der Waals surface area contributed by atoms with Gasteiger partial charge in [-0.2, -0.15) is 0 Å². The standard InChI is InChI=1S/C20H31N3O2/c1-4-23(5-2)18-13-9-8-12-17(18)22-20(25)14-19(24)21-16-11-7-6-10-15(16)3/h6-7,10-11,17-18H,4-5,8-9,12-14H2,1-3H3,(H,21,24)(H,22,25)/t17-,18-/m1/s1. The van der Waals surface area contributed by atoms with Crippen molar-refractivity contribution < 1.29 is 9.59 Å². The number of aryl methyl sites for hydroxylation is 1. The van der Waals surface area contributed by atoms with Gasteiger partial charge in [-0.05, 0) is 44.5 Å². The summed E-state index contributed by atoms with van der Waals surface area (Å²) >= 11 is 0. The minimum absolute atomic E-state index is 0.129. The first-order chi connectivity index (χ1) is 12.0. The second kappa shape index (κ2) is 9.56. The molecule has 2 rings (SSSR count). The summed E-state index contributed by atoms with van der Waals surface area (Å²) in [5.41, 5.74) is 1.75. The van der Waals surface area contributed by atoms with Gasteiger partial charge in [0.25, 0.3) is 0 Å². The van der Waals surface area contributed by atoms with E-state index < -0.39 is 0 Å². The molecule has 0 bridgehead atoms. The number of nitrogens with zero attached hydrogens (tertiary/aromatic N) is 1. The third kappa shape index (κ3) is 5.56. The first-order valence-corrected chi connectivity index (χ1v) is 9.44. The third-order valence-corrected chi connectivity index (χ3v) is 5.10. The minimum Gasteiger partial charge on any atom is -0.351 e. The largest absolute Gasteiger partial charge is 0.351 e. The monoisotopic (exact) mass is 345 g/mol. The molecular formula is C20H31N3O2. The van der Waals surface area contributed by atoms with Crippen molar-refractivity contribution in [2.75, 3.05) is 18.4 Å². The molecule has 138 valence electrons. The molecule has 5 nitrogen and oxygen atoms in total.